The summed E-state index contributed by atoms with van der Waals surface area (Å²) in [7, 11) is 0. The van der Waals surface area contributed by atoms with Gasteiger partial charge in [0, 0.05) is 5.71 Å². The molecule has 1 aromatic rings. The highest BCUT2D eigenvalue weighted by molar-refractivity contribution is 6.00. The van der Waals surface area contributed by atoms with Crippen LogP contribution in [0.5, 0.6) is 0 Å². The molecule has 0 aromatic heterocycles. The summed E-state index contributed by atoms with van der Waals surface area (Å²) in [6.45, 7) is 4.50. The number of carboxylic acids is 1. The van der Waals surface area contributed by atoms with Gasteiger partial charge in [0.25, 0.3) is 0 Å². The molecular weight excluding hydrogens is 238 g/mol. The zero-order chi connectivity index (χ0) is 14.1. The number of aliphatic carboxylic acids is 1. The van der Waals surface area contributed by atoms with E-state index < -0.39 is 11.9 Å². The van der Waals surface area contributed by atoms with E-state index in [0.717, 1.165) is 30.5 Å². The standard InChI is InChI=1S/C16H23NO2/c1-3-4-6-11-15(16(18)19)13(2)17-12-14-9-7-5-8-10-14/h5,7-10,15H,3-4,6,11-12H2,1-2H3,(H,18,19). The van der Waals surface area contributed by atoms with Gasteiger partial charge in [-0.05, 0) is 18.9 Å². The third-order valence-electron chi connectivity index (χ3n) is 3.25. The van der Waals surface area contributed by atoms with Gasteiger partial charge < -0.3 is 5.11 Å². The minimum atomic E-state index is -0.759. The number of rotatable bonds is 8. The lowest BCUT2D eigenvalue weighted by atomic mass is 9.97. The molecule has 1 unspecified atom stereocenters. The van der Waals surface area contributed by atoms with Crippen molar-refractivity contribution in [2.24, 2.45) is 10.9 Å². The monoisotopic (exact) mass is 261 g/mol. The van der Waals surface area contributed by atoms with Gasteiger partial charge in [-0.15, -0.1) is 0 Å². The number of hydrogen-bond donors (Lipinski definition) is 1. The van der Waals surface area contributed by atoms with Gasteiger partial charge in [0.2, 0.25) is 0 Å². The van der Waals surface area contributed by atoms with Crippen molar-refractivity contribution < 1.29 is 9.90 Å². The normalized spacial score (nSPS) is 13.3. The van der Waals surface area contributed by atoms with Crippen molar-refractivity contribution in [1.82, 2.24) is 0 Å². The number of benzene rings is 1. The van der Waals surface area contributed by atoms with E-state index in [1.165, 1.54) is 0 Å². The molecule has 0 saturated carbocycles. The van der Waals surface area contributed by atoms with Crippen LogP contribution >= 0.6 is 0 Å². The Bertz CT molecular complexity index is 412. The van der Waals surface area contributed by atoms with Gasteiger partial charge in [-0.25, -0.2) is 0 Å². The molecule has 1 aromatic carbocycles. The van der Waals surface area contributed by atoms with Crippen LogP contribution in [0, 0.1) is 5.92 Å². The first-order valence-corrected chi connectivity index (χ1v) is 6.92. The third kappa shape index (κ3) is 5.69. The zero-order valence-electron chi connectivity index (χ0n) is 11.8. The van der Waals surface area contributed by atoms with Crippen LogP contribution in [-0.4, -0.2) is 16.8 Å². The average molecular weight is 261 g/mol. The molecule has 0 aliphatic rings. The fourth-order valence-corrected chi connectivity index (χ4v) is 2.02. The van der Waals surface area contributed by atoms with E-state index in [-0.39, 0.29) is 0 Å². The highest BCUT2D eigenvalue weighted by Gasteiger charge is 2.19. The lowest BCUT2D eigenvalue weighted by molar-refractivity contribution is -0.139. The molecule has 0 saturated heterocycles. The summed E-state index contributed by atoms with van der Waals surface area (Å²) in [4.78, 5) is 15.7. The molecule has 0 heterocycles. The topological polar surface area (TPSA) is 49.7 Å². The molecule has 0 aliphatic heterocycles. The maximum atomic E-state index is 11.3. The predicted molar refractivity (Wildman–Crippen MR) is 78.5 cm³/mol. The van der Waals surface area contributed by atoms with Crippen LogP contribution < -0.4 is 0 Å². The van der Waals surface area contributed by atoms with Crippen molar-refractivity contribution in [2.75, 3.05) is 0 Å². The van der Waals surface area contributed by atoms with Crippen molar-refractivity contribution in [1.29, 1.82) is 0 Å². The van der Waals surface area contributed by atoms with Crippen LogP contribution in [-0.2, 0) is 11.3 Å². The quantitative estimate of drug-likeness (QED) is 0.569. The summed E-state index contributed by atoms with van der Waals surface area (Å²) in [5, 5.41) is 9.26. The molecule has 0 amide bonds. The molecule has 3 heteroatoms. The van der Waals surface area contributed by atoms with Gasteiger partial charge in [0.05, 0.1) is 12.5 Å². The van der Waals surface area contributed by atoms with Crippen LogP contribution in [0.25, 0.3) is 0 Å². The van der Waals surface area contributed by atoms with Crippen LogP contribution in [0.2, 0.25) is 0 Å². The Hall–Kier alpha value is -1.64. The molecule has 0 aliphatic carbocycles. The number of carboxylic acid groups (broad SMARTS) is 1. The maximum Gasteiger partial charge on any atom is 0.312 e. The van der Waals surface area contributed by atoms with Gasteiger partial charge in [-0.3, -0.25) is 9.79 Å². The molecular formula is C16H23NO2. The van der Waals surface area contributed by atoms with E-state index in [1.807, 2.05) is 37.3 Å². The lowest BCUT2D eigenvalue weighted by Crippen LogP contribution is -2.21. The SMILES string of the molecule is CCCCCC(C(=O)O)C(C)=NCc1ccccc1. The van der Waals surface area contributed by atoms with Gasteiger partial charge >= 0.3 is 5.97 Å². The van der Waals surface area contributed by atoms with Gasteiger partial charge in [-0.1, -0.05) is 56.5 Å². The smallest absolute Gasteiger partial charge is 0.312 e. The number of nitrogens with zero attached hydrogens (tertiary/aromatic N) is 1. The first-order chi connectivity index (χ1) is 9.15. The van der Waals surface area contributed by atoms with E-state index in [0.29, 0.717) is 13.0 Å². The largest absolute Gasteiger partial charge is 0.481 e. The van der Waals surface area contributed by atoms with E-state index in [2.05, 4.69) is 11.9 Å². The first kappa shape index (κ1) is 15.4. The van der Waals surface area contributed by atoms with Gasteiger partial charge in [0.1, 0.15) is 0 Å². The Labute approximate surface area is 115 Å². The molecule has 19 heavy (non-hydrogen) atoms. The van der Waals surface area contributed by atoms with E-state index in [1.54, 1.807) is 0 Å². The van der Waals surface area contributed by atoms with Crippen molar-refractivity contribution in [3.05, 3.63) is 35.9 Å². The lowest BCUT2D eigenvalue weighted by Gasteiger charge is -2.12. The molecule has 1 N–H and O–H groups in total. The summed E-state index contributed by atoms with van der Waals surface area (Å²) in [5.74, 6) is -1.19. The Balaban J connectivity index is 2.60. The van der Waals surface area contributed by atoms with Crippen LogP contribution in [0.1, 0.15) is 45.1 Å². The minimum absolute atomic E-state index is 0.435. The molecule has 0 bridgehead atoms. The fraction of sp³-hybridized carbons (Fsp3) is 0.500. The maximum absolute atomic E-state index is 11.3. The van der Waals surface area contributed by atoms with Crippen LogP contribution in [0.4, 0.5) is 0 Å². The number of aliphatic imine (C=N–C) groups is 1. The van der Waals surface area contributed by atoms with Crippen molar-refractivity contribution in [3.8, 4) is 0 Å². The highest BCUT2D eigenvalue weighted by Crippen LogP contribution is 2.13. The summed E-state index contributed by atoms with van der Waals surface area (Å²) in [5.41, 5.74) is 1.84. The average Bonchev–Trinajstić information content (AvgIpc) is 2.42. The van der Waals surface area contributed by atoms with Gasteiger partial charge in [-0.2, -0.15) is 0 Å². The number of hydrogen-bond acceptors (Lipinski definition) is 2. The number of unbranched alkanes of at least 4 members (excludes halogenated alkanes) is 2. The van der Waals surface area contributed by atoms with Crippen molar-refractivity contribution in [2.45, 2.75) is 46.1 Å². The van der Waals surface area contributed by atoms with Crippen molar-refractivity contribution in [3.63, 3.8) is 0 Å². The van der Waals surface area contributed by atoms with Gasteiger partial charge in [0.15, 0.2) is 0 Å². The minimum Gasteiger partial charge on any atom is -0.481 e. The highest BCUT2D eigenvalue weighted by atomic mass is 16.4. The Kier molecular flexibility index (Phi) is 6.86. The predicted octanol–water partition coefficient (Wildman–Crippen LogP) is 3.93. The Morgan fingerprint density at radius 1 is 1.26 bits per heavy atom. The summed E-state index contributed by atoms with van der Waals surface area (Å²) < 4.78 is 0. The molecule has 0 fully saturated rings. The fourth-order valence-electron chi connectivity index (χ4n) is 2.02. The molecule has 3 nitrogen and oxygen atoms in total. The third-order valence-corrected chi connectivity index (χ3v) is 3.25. The molecule has 1 rings (SSSR count). The zero-order valence-corrected chi connectivity index (χ0v) is 11.8. The van der Waals surface area contributed by atoms with E-state index in [4.69, 9.17) is 0 Å². The molecule has 104 valence electrons. The second kappa shape index (κ2) is 8.46. The van der Waals surface area contributed by atoms with E-state index in [9.17, 15) is 9.90 Å². The van der Waals surface area contributed by atoms with Crippen LogP contribution in [0.3, 0.4) is 0 Å². The first-order valence-electron chi connectivity index (χ1n) is 6.92. The van der Waals surface area contributed by atoms with Crippen molar-refractivity contribution >= 4 is 11.7 Å². The van der Waals surface area contributed by atoms with E-state index >= 15 is 0 Å². The molecule has 0 radical (unpaired) electrons. The Morgan fingerprint density at radius 3 is 2.53 bits per heavy atom. The van der Waals surface area contributed by atoms with Crippen LogP contribution in [0.15, 0.2) is 35.3 Å². The summed E-state index contributed by atoms with van der Waals surface area (Å²) in [6, 6.07) is 9.91. The number of carbonyl (C=O) groups is 1. The second-order valence-electron chi connectivity index (χ2n) is 4.83. The summed E-state index contributed by atoms with van der Waals surface area (Å²) in [6.07, 6.45) is 3.82. The second-order valence-corrected chi connectivity index (χ2v) is 4.83. The summed E-state index contributed by atoms with van der Waals surface area (Å²) >= 11 is 0. The molecule has 1 atom stereocenters. The Morgan fingerprint density at radius 2 is 1.95 bits per heavy atom. The molecule has 0 spiro atoms.